The van der Waals surface area contributed by atoms with E-state index in [0.717, 1.165) is 22.4 Å². The van der Waals surface area contributed by atoms with Gasteiger partial charge in [0.25, 0.3) is 0 Å². The number of rotatable bonds is 5. The molecule has 7 nitrogen and oxygen atoms in total. The van der Waals surface area contributed by atoms with E-state index in [-0.39, 0.29) is 0 Å². The molecule has 0 aliphatic heterocycles. The van der Waals surface area contributed by atoms with Crippen molar-refractivity contribution in [2.75, 3.05) is 0 Å². The first-order valence-electron chi connectivity index (χ1n) is 8.07. The normalized spacial score (nSPS) is 11.0. The van der Waals surface area contributed by atoms with Crippen molar-refractivity contribution < 1.29 is 4.52 Å². The van der Waals surface area contributed by atoms with Crippen molar-refractivity contribution in [2.45, 2.75) is 24.8 Å². The molecule has 0 spiro atoms. The number of tetrazole rings is 1. The van der Waals surface area contributed by atoms with Gasteiger partial charge >= 0.3 is 0 Å². The van der Waals surface area contributed by atoms with Gasteiger partial charge < -0.3 is 4.52 Å². The van der Waals surface area contributed by atoms with Gasteiger partial charge in [-0.05, 0) is 47.5 Å². The van der Waals surface area contributed by atoms with Gasteiger partial charge in [-0.3, -0.25) is 0 Å². The topological polar surface area (TPSA) is 82.5 Å². The zero-order valence-electron chi connectivity index (χ0n) is 14.3. The highest BCUT2D eigenvalue weighted by Crippen LogP contribution is 2.24. The van der Waals surface area contributed by atoms with Crippen LogP contribution in [-0.4, -0.2) is 30.3 Å². The molecule has 2 aromatic carbocycles. The van der Waals surface area contributed by atoms with Crippen LogP contribution in [0.15, 0.2) is 58.2 Å². The summed E-state index contributed by atoms with van der Waals surface area (Å²) < 4.78 is 7.08. The third-order valence-corrected chi connectivity index (χ3v) is 4.77. The van der Waals surface area contributed by atoms with E-state index in [0.29, 0.717) is 22.6 Å². The summed E-state index contributed by atoms with van der Waals surface area (Å²) in [5, 5.41) is 16.7. The van der Waals surface area contributed by atoms with Gasteiger partial charge in [-0.1, -0.05) is 53.3 Å². The van der Waals surface area contributed by atoms with E-state index in [1.54, 1.807) is 4.68 Å². The predicted octanol–water partition coefficient (Wildman–Crippen LogP) is 3.62. The number of aryl methyl sites for hydroxylation is 2. The average Bonchev–Trinajstić information content (AvgIpc) is 3.30. The van der Waals surface area contributed by atoms with Crippen molar-refractivity contribution >= 4 is 11.8 Å². The van der Waals surface area contributed by atoms with Crippen LogP contribution in [0.5, 0.6) is 0 Å². The van der Waals surface area contributed by atoms with Crippen LogP contribution in [0, 0.1) is 13.8 Å². The summed E-state index contributed by atoms with van der Waals surface area (Å²) in [7, 11) is 0. The van der Waals surface area contributed by atoms with Gasteiger partial charge in [-0.15, -0.1) is 5.10 Å². The molecule has 0 aliphatic carbocycles. The molecule has 0 bridgehead atoms. The van der Waals surface area contributed by atoms with Crippen LogP contribution >= 0.6 is 11.8 Å². The highest BCUT2D eigenvalue weighted by Gasteiger charge is 2.14. The molecule has 2 aromatic heterocycles. The van der Waals surface area contributed by atoms with Crippen molar-refractivity contribution in [3.63, 3.8) is 0 Å². The molecule has 0 saturated heterocycles. The molecule has 0 radical (unpaired) electrons. The molecule has 0 aliphatic rings. The van der Waals surface area contributed by atoms with Crippen LogP contribution in [0.3, 0.4) is 0 Å². The quantitative estimate of drug-likeness (QED) is 0.500. The summed E-state index contributed by atoms with van der Waals surface area (Å²) in [5.74, 6) is 1.62. The Bertz CT molecular complexity index is 1040. The van der Waals surface area contributed by atoms with Gasteiger partial charge in [0.1, 0.15) is 0 Å². The van der Waals surface area contributed by atoms with Gasteiger partial charge in [0, 0.05) is 5.56 Å². The molecule has 130 valence electrons. The lowest BCUT2D eigenvalue weighted by Crippen LogP contribution is -1.99. The first kappa shape index (κ1) is 16.5. The molecule has 0 N–H and O–H groups in total. The van der Waals surface area contributed by atoms with E-state index >= 15 is 0 Å². The Morgan fingerprint density at radius 1 is 1.08 bits per heavy atom. The van der Waals surface area contributed by atoms with Crippen molar-refractivity contribution in [1.29, 1.82) is 0 Å². The van der Waals surface area contributed by atoms with Gasteiger partial charge in [-0.25, -0.2) is 0 Å². The molecule has 8 heteroatoms. The predicted molar refractivity (Wildman–Crippen MR) is 97.9 cm³/mol. The summed E-state index contributed by atoms with van der Waals surface area (Å²) in [6, 6.07) is 16.0. The lowest BCUT2D eigenvalue weighted by atomic mass is 10.1. The largest absolute Gasteiger partial charge is 0.338 e. The van der Waals surface area contributed by atoms with Gasteiger partial charge in [0.15, 0.2) is 0 Å². The fraction of sp³-hybridized carbons (Fsp3) is 0.167. The standard InChI is InChI=1S/C18H16N6OS/c1-12-6-5-8-14(10-12)24-18(20-22-23-24)26-11-16-19-17(21-25-16)15-9-4-3-7-13(15)2/h3-10H,11H2,1-2H3. The van der Waals surface area contributed by atoms with E-state index < -0.39 is 0 Å². The van der Waals surface area contributed by atoms with Crippen LogP contribution in [0.4, 0.5) is 0 Å². The SMILES string of the molecule is Cc1cccc(-n2nnnc2SCc2nc(-c3ccccc3C)no2)c1. The van der Waals surface area contributed by atoms with Crippen LogP contribution in [0.2, 0.25) is 0 Å². The Hall–Kier alpha value is -3.00. The fourth-order valence-corrected chi connectivity index (χ4v) is 3.29. The third kappa shape index (κ3) is 3.36. The number of hydrogen-bond donors (Lipinski definition) is 0. The molecule has 26 heavy (non-hydrogen) atoms. The second-order valence-electron chi connectivity index (χ2n) is 5.83. The lowest BCUT2D eigenvalue weighted by molar-refractivity contribution is 0.391. The maximum atomic E-state index is 5.38. The van der Waals surface area contributed by atoms with Crippen molar-refractivity contribution in [1.82, 2.24) is 30.3 Å². The van der Waals surface area contributed by atoms with Gasteiger partial charge in [0.05, 0.1) is 11.4 Å². The molecule has 0 unspecified atom stereocenters. The molecule has 0 amide bonds. The number of aromatic nitrogens is 6. The highest BCUT2D eigenvalue weighted by atomic mass is 32.2. The Morgan fingerprint density at radius 2 is 1.96 bits per heavy atom. The molecule has 0 fully saturated rings. The molecule has 4 aromatic rings. The Balaban J connectivity index is 1.51. The number of thioether (sulfide) groups is 1. The summed E-state index contributed by atoms with van der Waals surface area (Å²) in [6.07, 6.45) is 0. The minimum Gasteiger partial charge on any atom is -0.338 e. The van der Waals surface area contributed by atoms with Crippen molar-refractivity contribution in [3.05, 3.63) is 65.5 Å². The smallest absolute Gasteiger partial charge is 0.237 e. The van der Waals surface area contributed by atoms with Crippen LogP contribution in [0.25, 0.3) is 17.1 Å². The molecular formula is C18H16N6OS. The maximum absolute atomic E-state index is 5.38. The number of benzene rings is 2. The van der Waals surface area contributed by atoms with E-state index in [1.807, 2.05) is 62.4 Å². The first-order chi connectivity index (χ1) is 12.7. The summed E-state index contributed by atoms with van der Waals surface area (Å²) in [5.41, 5.74) is 4.14. The van der Waals surface area contributed by atoms with E-state index in [1.165, 1.54) is 11.8 Å². The molecule has 4 rings (SSSR count). The molecule has 0 saturated carbocycles. The Labute approximate surface area is 154 Å². The minimum atomic E-state index is 0.491. The van der Waals surface area contributed by atoms with E-state index in [4.69, 9.17) is 4.52 Å². The Kier molecular flexibility index (Phi) is 4.49. The Morgan fingerprint density at radius 3 is 2.81 bits per heavy atom. The van der Waals surface area contributed by atoms with Gasteiger partial charge in [-0.2, -0.15) is 9.67 Å². The zero-order chi connectivity index (χ0) is 17.9. The molecular weight excluding hydrogens is 348 g/mol. The second-order valence-corrected chi connectivity index (χ2v) is 6.77. The molecule has 2 heterocycles. The average molecular weight is 364 g/mol. The monoisotopic (exact) mass is 364 g/mol. The maximum Gasteiger partial charge on any atom is 0.237 e. The van der Waals surface area contributed by atoms with E-state index in [2.05, 4.69) is 25.7 Å². The molecule has 0 atom stereocenters. The first-order valence-corrected chi connectivity index (χ1v) is 9.06. The summed E-state index contributed by atoms with van der Waals surface area (Å²) in [4.78, 5) is 4.48. The second kappa shape index (κ2) is 7.09. The summed E-state index contributed by atoms with van der Waals surface area (Å²) in [6.45, 7) is 4.06. The van der Waals surface area contributed by atoms with E-state index in [9.17, 15) is 0 Å². The van der Waals surface area contributed by atoms with Crippen LogP contribution in [-0.2, 0) is 5.75 Å². The number of hydrogen-bond acceptors (Lipinski definition) is 7. The van der Waals surface area contributed by atoms with Crippen LogP contribution in [0.1, 0.15) is 17.0 Å². The minimum absolute atomic E-state index is 0.491. The summed E-state index contributed by atoms with van der Waals surface area (Å²) >= 11 is 1.45. The third-order valence-electron chi connectivity index (χ3n) is 3.87. The van der Waals surface area contributed by atoms with Crippen molar-refractivity contribution in [2.24, 2.45) is 0 Å². The zero-order valence-corrected chi connectivity index (χ0v) is 15.1. The highest BCUT2D eigenvalue weighted by molar-refractivity contribution is 7.98. The van der Waals surface area contributed by atoms with Crippen molar-refractivity contribution in [3.8, 4) is 17.1 Å². The lowest BCUT2D eigenvalue weighted by Gasteiger charge is -2.03. The van der Waals surface area contributed by atoms with Gasteiger partial charge in [0.2, 0.25) is 16.9 Å². The number of nitrogens with zero attached hydrogens (tertiary/aromatic N) is 6. The van der Waals surface area contributed by atoms with Crippen LogP contribution < -0.4 is 0 Å². The fourth-order valence-electron chi connectivity index (χ4n) is 2.56.